The fourth-order valence-corrected chi connectivity index (χ4v) is 2.56. The van der Waals surface area contributed by atoms with Crippen LogP contribution in [0.3, 0.4) is 0 Å². The fourth-order valence-electron chi connectivity index (χ4n) is 1.61. The van der Waals surface area contributed by atoms with Crippen LogP contribution in [0.4, 0.5) is 11.4 Å². The van der Waals surface area contributed by atoms with Gasteiger partial charge < -0.3 is 9.80 Å². The van der Waals surface area contributed by atoms with Gasteiger partial charge in [0.1, 0.15) is 0 Å². The Hall–Kier alpha value is -2.67. The molecule has 0 fully saturated rings. The van der Waals surface area contributed by atoms with Crippen molar-refractivity contribution in [3.05, 3.63) is 48.3 Å². The summed E-state index contributed by atoms with van der Waals surface area (Å²) in [6.45, 7) is 2.22. The molecular formula is C18H20N2O4S. The SMILES string of the molecule is [2H]c1c([2H])c(S(=O)(=O)c2c([2H])c([2H])c(N(C)C(C)=O)c([2H])c2[2H])c([2H])c([2H])c1N(C)C(C)=O. The van der Waals surface area contributed by atoms with Crippen LogP contribution in [0.25, 0.3) is 0 Å². The van der Waals surface area contributed by atoms with Gasteiger partial charge in [0.25, 0.3) is 0 Å². The normalized spacial score (nSPS) is 15.5. The smallest absolute Gasteiger partial charge is 0.223 e. The highest BCUT2D eigenvalue weighted by atomic mass is 32.2. The number of rotatable bonds is 4. The molecule has 7 heteroatoms. The molecule has 0 atom stereocenters. The van der Waals surface area contributed by atoms with Crippen LogP contribution in [0.2, 0.25) is 0 Å². The third kappa shape index (κ3) is 3.88. The van der Waals surface area contributed by atoms with Gasteiger partial charge >= 0.3 is 0 Å². The van der Waals surface area contributed by atoms with E-state index in [-0.39, 0.29) is 0 Å². The molecule has 6 nitrogen and oxygen atoms in total. The third-order valence-corrected chi connectivity index (χ3v) is 4.81. The van der Waals surface area contributed by atoms with Crippen molar-refractivity contribution >= 4 is 33.0 Å². The van der Waals surface area contributed by atoms with E-state index >= 15 is 0 Å². The Labute approximate surface area is 158 Å². The van der Waals surface area contributed by atoms with Crippen molar-refractivity contribution < 1.29 is 29.0 Å². The van der Waals surface area contributed by atoms with Gasteiger partial charge in [-0.25, -0.2) is 8.42 Å². The number of hydrogen-bond donors (Lipinski definition) is 0. The van der Waals surface area contributed by atoms with E-state index < -0.39 is 91.2 Å². The summed E-state index contributed by atoms with van der Waals surface area (Å²) in [5.74, 6) is -1.26. The monoisotopic (exact) mass is 368 g/mol. The molecule has 0 aliphatic heterocycles. The maximum atomic E-state index is 13.4. The predicted octanol–water partition coefficient (Wildman–Crippen LogP) is 2.48. The van der Waals surface area contributed by atoms with Crippen LogP contribution in [0.15, 0.2) is 58.1 Å². The summed E-state index contributed by atoms with van der Waals surface area (Å²) in [5, 5.41) is 0. The van der Waals surface area contributed by atoms with Gasteiger partial charge in [-0.2, -0.15) is 0 Å². The van der Waals surface area contributed by atoms with Crippen LogP contribution in [-0.2, 0) is 19.4 Å². The number of amides is 2. The van der Waals surface area contributed by atoms with E-state index in [1.54, 1.807) is 0 Å². The summed E-state index contributed by atoms with van der Waals surface area (Å²) in [4.78, 5) is 22.7. The van der Waals surface area contributed by atoms with Crippen molar-refractivity contribution in [3.63, 3.8) is 0 Å². The summed E-state index contributed by atoms with van der Waals surface area (Å²) in [6.07, 6.45) is 0. The molecule has 2 aromatic carbocycles. The quantitative estimate of drug-likeness (QED) is 0.831. The van der Waals surface area contributed by atoms with Gasteiger partial charge in [0, 0.05) is 39.3 Å². The van der Waals surface area contributed by atoms with Crippen molar-refractivity contribution in [2.24, 2.45) is 0 Å². The molecule has 0 aliphatic rings. The van der Waals surface area contributed by atoms with E-state index in [1.807, 2.05) is 0 Å². The third-order valence-electron chi connectivity index (χ3n) is 3.33. The van der Waals surface area contributed by atoms with E-state index in [2.05, 4.69) is 0 Å². The number of anilines is 2. The summed E-state index contributed by atoms with van der Waals surface area (Å²) in [6, 6.07) is -7.51. The van der Waals surface area contributed by atoms with Crippen LogP contribution >= 0.6 is 0 Å². The second kappa shape index (κ2) is 7.06. The Kier molecular flexibility index (Phi) is 2.92. The first kappa shape index (κ1) is 10.4. The van der Waals surface area contributed by atoms with Gasteiger partial charge in [0.15, 0.2) is 0 Å². The number of carbonyl (C=O) groups excluding carboxylic acids is 2. The van der Waals surface area contributed by atoms with Crippen molar-refractivity contribution in [1.82, 2.24) is 0 Å². The van der Waals surface area contributed by atoms with Crippen molar-refractivity contribution in [1.29, 1.82) is 0 Å². The molecule has 0 N–H and O–H groups in total. The summed E-state index contributed by atoms with van der Waals surface area (Å²) in [5.41, 5.74) is -0.927. The van der Waals surface area contributed by atoms with Gasteiger partial charge in [-0.15, -0.1) is 0 Å². The number of nitrogens with zero attached hydrogens (tertiary/aromatic N) is 2. The molecule has 0 bridgehead atoms. The minimum Gasteiger partial charge on any atom is -0.316 e. The molecule has 0 unspecified atom stereocenters. The summed E-state index contributed by atoms with van der Waals surface area (Å²) in [7, 11) is -2.74. The number of sulfone groups is 1. The first-order chi connectivity index (χ1) is 15.0. The van der Waals surface area contributed by atoms with Crippen LogP contribution in [-0.4, -0.2) is 34.3 Å². The minimum absolute atomic E-state index is 0.463. The topological polar surface area (TPSA) is 74.8 Å². The molecule has 0 saturated heterocycles. The first-order valence-corrected chi connectivity index (χ1v) is 8.42. The Balaban J connectivity index is 2.98. The highest BCUT2D eigenvalue weighted by Gasteiger charge is 2.18. The van der Waals surface area contributed by atoms with Crippen LogP contribution in [0.5, 0.6) is 0 Å². The zero-order valence-corrected chi connectivity index (χ0v) is 14.8. The number of carbonyl (C=O) groups is 2. The lowest BCUT2D eigenvalue weighted by Crippen LogP contribution is -2.22. The second-order valence-electron chi connectivity index (χ2n) is 5.01. The minimum atomic E-state index is -5.11. The van der Waals surface area contributed by atoms with E-state index in [0.29, 0.717) is 0 Å². The van der Waals surface area contributed by atoms with E-state index in [4.69, 9.17) is 11.0 Å². The Bertz CT molecular complexity index is 1160. The predicted molar refractivity (Wildman–Crippen MR) is 96.5 cm³/mol. The van der Waals surface area contributed by atoms with Gasteiger partial charge in [-0.3, -0.25) is 9.59 Å². The standard InChI is InChI=1S/C18H20N2O4S/c1-13(21)19(3)15-5-9-17(10-6-15)25(23,24)18-11-7-16(8-12-18)20(4)14(2)22/h5-12H,1-4H3/i5D,6D,7D,8D,9D,10D,11D,12D. The zero-order chi connectivity index (χ0) is 25.7. The Morgan fingerprint density at radius 1 is 0.760 bits per heavy atom. The number of benzene rings is 2. The van der Waals surface area contributed by atoms with Gasteiger partial charge in [0.05, 0.1) is 20.8 Å². The van der Waals surface area contributed by atoms with Gasteiger partial charge in [-0.05, 0) is 48.3 Å². The van der Waals surface area contributed by atoms with Gasteiger partial charge in [-0.1, -0.05) is 0 Å². The van der Waals surface area contributed by atoms with Crippen LogP contribution in [0.1, 0.15) is 24.8 Å². The van der Waals surface area contributed by atoms with E-state index in [0.717, 1.165) is 23.6 Å². The molecule has 0 radical (unpaired) electrons. The van der Waals surface area contributed by atoms with Crippen molar-refractivity contribution in [3.8, 4) is 0 Å². The van der Waals surface area contributed by atoms with Crippen LogP contribution < -0.4 is 9.80 Å². The molecule has 0 aromatic heterocycles. The molecule has 2 amide bonds. The van der Waals surface area contributed by atoms with Crippen molar-refractivity contribution in [2.45, 2.75) is 23.6 Å². The zero-order valence-electron chi connectivity index (χ0n) is 21.9. The molecule has 25 heavy (non-hydrogen) atoms. The molecule has 0 saturated carbocycles. The molecule has 0 spiro atoms. The van der Waals surface area contributed by atoms with Crippen LogP contribution in [0, 0.1) is 0 Å². The number of hydrogen-bond acceptors (Lipinski definition) is 4. The summed E-state index contributed by atoms with van der Waals surface area (Å²) < 4.78 is 91.8. The Morgan fingerprint density at radius 3 is 1.28 bits per heavy atom. The second-order valence-corrected chi connectivity index (χ2v) is 6.84. The molecule has 2 rings (SSSR count). The van der Waals surface area contributed by atoms with E-state index in [1.165, 1.54) is 14.1 Å². The molecule has 2 aromatic rings. The molecule has 0 heterocycles. The molecular weight excluding hydrogens is 340 g/mol. The summed E-state index contributed by atoms with van der Waals surface area (Å²) >= 11 is 0. The largest absolute Gasteiger partial charge is 0.316 e. The van der Waals surface area contributed by atoms with Gasteiger partial charge in [0.2, 0.25) is 21.7 Å². The highest BCUT2D eigenvalue weighted by Crippen LogP contribution is 2.25. The van der Waals surface area contributed by atoms with Crippen molar-refractivity contribution in [2.75, 3.05) is 23.9 Å². The lowest BCUT2D eigenvalue weighted by molar-refractivity contribution is -0.117. The highest BCUT2D eigenvalue weighted by molar-refractivity contribution is 7.91. The molecule has 0 aliphatic carbocycles. The average Bonchev–Trinajstić information content (AvgIpc) is 2.70. The Morgan fingerprint density at radius 2 is 1.04 bits per heavy atom. The lowest BCUT2D eigenvalue weighted by atomic mass is 10.3. The maximum Gasteiger partial charge on any atom is 0.223 e. The average molecular weight is 368 g/mol. The maximum absolute atomic E-state index is 13.4. The fraction of sp³-hybridized carbons (Fsp3) is 0.222. The van der Waals surface area contributed by atoms with E-state index in [9.17, 15) is 18.0 Å². The first-order valence-electron chi connectivity index (χ1n) is 10.9. The lowest BCUT2D eigenvalue weighted by Gasteiger charge is -2.16. The molecule has 132 valence electrons.